The van der Waals surface area contributed by atoms with Gasteiger partial charge >= 0.3 is 0 Å². The van der Waals surface area contributed by atoms with Crippen LogP contribution in [0.5, 0.6) is 11.5 Å². The Balaban J connectivity index is 1.32. The zero-order valence-electron chi connectivity index (χ0n) is 21.4. The standard InChI is InChI=1S/C29H34N4O2S/c1-17-25(20-7-5-6-8-23(20)34-4)26-24(36-17)16-31-28(33-26)32-22-10-9-19(18-11-13-30-14-12-18)21-15-29(2,3)35-27(21)22/h5-10,16,18,24,26,30H,11-15H2,1-4H3,(H,32,33). The molecule has 188 valence electrons. The second kappa shape index (κ2) is 9.27. The van der Waals surface area contributed by atoms with Gasteiger partial charge in [0.15, 0.2) is 0 Å². The fourth-order valence-electron chi connectivity index (χ4n) is 5.96. The minimum Gasteiger partial charge on any atom is -0.496 e. The second-order valence-electron chi connectivity index (χ2n) is 10.6. The van der Waals surface area contributed by atoms with E-state index in [1.165, 1.54) is 34.4 Å². The molecule has 0 saturated carbocycles. The maximum atomic E-state index is 6.51. The fourth-order valence-corrected chi connectivity index (χ4v) is 7.17. The van der Waals surface area contributed by atoms with E-state index in [9.17, 15) is 0 Å². The summed E-state index contributed by atoms with van der Waals surface area (Å²) in [6.45, 7) is 8.68. The molecule has 0 spiro atoms. The van der Waals surface area contributed by atoms with Crippen molar-refractivity contribution < 1.29 is 9.47 Å². The summed E-state index contributed by atoms with van der Waals surface area (Å²) in [5.41, 5.74) is 5.85. The van der Waals surface area contributed by atoms with E-state index in [2.05, 4.69) is 55.7 Å². The summed E-state index contributed by atoms with van der Waals surface area (Å²) in [4.78, 5) is 11.1. The van der Waals surface area contributed by atoms with Gasteiger partial charge in [0.2, 0.25) is 5.96 Å². The van der Waals surface area contributed by atoms with Crippen LogP contribution in [0.1, 0.15) is 56.2 Å². The molecule has 0 aliphatic carbocycles. The van der Waals surface area contributed by atoms with Crippen molar-refractivity contribution >= 4 is 35.2 Å². The average Bonchev–Trinajstić information content (AvgIpc) is 3.39. The third-order valence-corrected chi connectivity index (χ3v) is 8.83. The van der Waals surface area contributed by atoms with E-state index in [-0.39, 0.29) is 16.9 Å². The predicted molar refractivity (Wildman–Crippen MR) is 150 cm³/mol. The summed E-state index contributed by atoms with van der Waals surface area (Å²) in [6.07, 6.45) is 5.31. The van der Waals surface area contributed by atoms with Gasteiger partial charge in [-0.2, -0.15) is 0 Å². The number of methoxy groups -OCH3 is 1. The number of fused-ring (bicyclic) bond motifs is 2. The Morgan fingerprint density at radius 3 is 2.75 bits per heavy atom. The number of para-hydroxylation sites is 1. The van der Waals surface area contributed by atoms with Crippen LogP contribution in [-0.4, -0.2) is 49.3 Å². The molecular formula is C29H34N4O2S. The van der Waals surface area contributed by atoms with E-state index in [1.807, 2.05) is 30.1 Å². The lowest BCUT2D eigenvalue weighted by Gasteiger charge is -2.25. The van der Waals surface area contributed by atoms with E-state index in [1.54, 1.807) is 7.11 Å². The average molecular weight is 503 g/mol. The van der Waals surface area contributed by atoms with Crippen LogP contribution in [0.15, 0.2) is 51.3 Å². The van der Waals surface area contributed by atoms with Gasteiger partial charge < -0.3 is 20.1 Å². The molecule has 1 fully saturated rings. The van der Waals surface area contributed by atoms with E-state index in [0.29, 0.717) is 11.9 Å². The van der Waals surface area contributed by atoms with Crippen LogP contribution in [0.2, 0.25) is 0 Å². The molecule has 6 rings (SSSR count). The number of guanidine groups is 1. The predicted octanol–water partition coefficient (Wildman–Crippen LogP) is 5.64. The third kappa shape index (κ3) is 4.22. The third-order valence-electron chi connectivity index (χ3n) is 7.60. The van der Waals surface area contributed by atoms with Crippen LogP contribution in [0.4, 0.5) is 5.69 Å². The maximum absolute atomic E-state index is 6.51. The van der Waals surface area contributed by atoms with Crippen molar-refractivity contribution in [1.82, 2.24) is 5.32 Å². The number of aliphatic imine (C=N–C) groups is 2. The zero-order chi connectivity index (χ0) is 24.9. The molecule has 0 aromatic heterocycles. The number of nitrogens with one attached hydrogen (secondary N) is 2. The van der Waals surface area contributed by atoms with Crippen LogP contribution < -0.4 is 20.1 Å². The monoisotopic (exact) mass is 502 g/mol. The second-order valence-corrected chi connectivity index (χ2v) is 12.0. The summed E-state index contributed by atoms with van der Waals surface area (Å²) >= 11 is 1.83. The van der Waals surface area contributed by atoms with Crippen molar-refractivity contribution in [2.45, 2.75) is 62.8 Å². The highest BCUT2D eigenvalue weighted by Gasteiger charge is 2.38. The molecule has 1 saturated heterocycles. The molecule has 0 amide bonds. The summed E-state index contributed by atoms with van der Waals surface area (Å²) in [5.74, 6) is 3.06. The van der Waals surface area contributed by atoms with Gasteiger partial charge in [0.05, 0.1) is 24.1 Å². The van der Waals surface area contributed by atoms with Crippen molar-refractivity contribution in [3.8, 4) is 11.5 Å². The van der Waals surface area contributed by atoms with Crippen LogP contribution in [0.3, 0.4) is 0 Å². The van der Waals surface area contributed by atoms with Gasteiger partial charge in [0, 0.05) is 23.8 Å². The molecule has 4 heterocycles. The Morgan fingerprint density at radius 1 is 1.14 bits per heavy atom. The van der Waals surface area contributed by atoms with Gasteiger partial charge in [-0.25, -0.2) is 9.98 Å². The quantitative estimate of drug-likeness (QED) is 0.566. The SMILES string of the molecule is COc1ccccc1C1=C(C)SC2C=NC(Nc3ccc(C4CCNCC4)c4c3OC(C)(C)C4)=NC12. The first-order chi connectivity index (χ1) is 17.4. The number of allylic oxidation sites excluding steroid dienone is 1. The molecule has 2 aromatic rings. The number of hydrogen-bond acceptors (Lipinski definition) is 7. The normalized spacial score (nSPS) is 24.7. The molecule has 2 N–H and O–H groups in total. The molecule has 2 unspecified atom stereocenters. The molecule has 0 radical (unpaired) electrons. The molecule has 0 bridgehead atoms. The minimum atomic E-state index is -0.219. The van der Waals surface area contributed by atoms with Gasteiger partial charge in [0.25, 0.3) is 0 Å². The molecule has 4 aliphatic rings. The summed E-state index contributed by atoms with van der Waals surface area (Å²) in [6, 6.07) is 12.7. The number of benzene rings is 2. The molecule has 2 atom stereocenters. The number of hydrogen-bond donors (Lipinski definition) is 2. The smallest absolute Gasteiger partial charge is 0.222 e. The highest BCUT2D eigenvalue weighted by Crippen LogP contribution is 2.48. The van der Waals surface area contributed by atoms with Crippen LogP contribution in [0.25, 0.3) is 5.57 Å². The van der Waals surface area contributed by atoms with Crippen molar-refractivity contribution in [3.05, 3.63) is 58.0 Å². The van der Waals surface area contributed by atoms with Crippen LogP contribution >= 0.6 is 11.8 Å². The first kappa shape index (κ1) is 23.6. The molecule has 2 aromatic carbocycles. The lowest BCUT2D eigenvalue weighted by atomic mass is 9.84. The maximum Gasteiger partial charge on any atom is 0.222 e. The number of rotatable bonds is 4. The highest BCUT2D eigenvalue weighted by atomic mass is 32.2. The van der Waals surface area contributed by atoms with E-state index in [4.69, 9.17) is 19.5 Å². The molecule has 7 heteroatoms. The number of nitrogens with zero attached hydrogens (tertiary/aromatic N) is 2. The van der Waals surface area contributed by atoms with Crippen LogP contribution in [0, 0.1) is 0 Å². The lowest BCUT2D eigenvalue weighted by Crippen LogP contribution is -2.29. The van der Waals surface area contributed by atoms with Gasteiger partial charge in [-0.05, 0) is 80.8 Å². The fraction of sp³-hybridized carbons (Fsp3) is 0.448. The summed E-state index contributed by atoms with van der Waals surface area (Å²) in [5, 5.41) is 7.21. The Kier molecular flexibility index (Phi) is 6.08. The Labute approximate surface area is 217 Å². The van der Waals surface area contributed by atoms with Gasteiger partial charge in [-0.3, -0.25) is 0 Å². The largest absolute Gasteiger partial charge is 0.496 e. The minimum absolute atomic E-state index is 0.00859. The van der Waals surface area contributed by atoms with E-state index in [0.717, 1.165) is 42.3 Å². The summed E-state index contributed by atoms with van der Waals surface area (Å²) in [7, 11) is 1.72. The topological polar surface area (TPSA) is 67.2 Å². The van der Waals surface area contributed by atoms with Crippen molar-refractivity contribution in [2.75, 3.05) is 25.5 Å². The first-order valence-corrected chi connectivity index (χ1v) is 13.8. The zero-order valence-corrected chi connectivity index (χ0v) is 22.2. The van der Waals surface area contributed by atoms with Gasteiger partial charge in [-0.1, -0.05) is 24.3 Å². The Hall–Kier alpha value is -2.77. The van der Waals surface area contributed by atoms with Gasteiger partial charge in [0.1, 0.15) is 17.1 Å². The number of anilines is 1. The van der Waals surface area contributed by atoms with Crippen molar-refractivity contribution in [1.29, 1.82) is 0 Å². The summed E-state index contributed by atoms with van der Waals surface area (Å²) < 4.78 is 12.2. The van der Waals surface area contributed by atoms with E-state index >= 15 is 0 Å². The van der Waals surface area contributed by atoms with Crippen molar-refractivity contribution in [3.63, 3.8) is 0 Å². The number of ether oxygens (including phenoxy) is 2. The first-order valence-electron chi connectivity index (χ1n) is 12.9. The van der Waals surface area contributed by atoms with Crippen LogP contribution in [-0.2, 0) is 6.42 Å². The Morgan fingerprint density at radius 2 is 1.94 bits per heavy atom. The number of thioether (sulfide) groups is 1. The Bertz CT molecular complexity index is 1280. The van der Waals surface area contributed by atoms with Crippen molar-refractivity contribution in [2.24, 2.45) is 9.98 Å². The molecule has 6 nitrogen and oxygen atoms in total. The van der Waals surface area contributed by atoms with E-state index < -0.39 is 0 Å². The van der Waals surface area contributed by atoms with Gasteiger partial charge in [-0.15, -0.1) is 11.8 Å². The molecule has 36 heavy (non-hydrogen) atoms. The lowest BCUT2D eigenvalue weighted by molar-refractivity contribution is 0.139. The molecule has 4 aliphatic heterocycles. The number of piperidine rings is 1. The molecular weight excluding hydrogens is 468 g/mol. The highest BCUT2D eigenvalue weighted by molar-refractivity contribution is 8.04.